The van der Waals surface area contributed by atoms with Crippen molar-refractivity contribution in [3.8, 4) is 5.75 Å². The summed E-state index contributed by atoms with van der Waals surface area (Å²) in [5, 5.41) is 8.65. The Labute approximate surface area is 160 Å². The van der Waals surface area contributed by atoms with Gasteiger partial charge in [0, 0.05) is 18.3 Å². The SMILES string of the molecule is CC(=O)NC(C)c1ccc2cc(Nc3ccc(OC(C)C)cc3)ccc2c1. The van der Waals surface area contributed by atoms with Crippen molar-refractivity contribution in [2.75, 3.05) is 5.32 Å². The third-order valence-corrected chi connectivity index (χ3v) is 4.30. The molecule has 0 spiro atoms. The Hall–Kier alpha value is -3.01. The summed E-state index contributed by atoms with van der Waals surface area (Å²) in [6.07, 6.45) is 0.169. The molecule has 1 unspecified atom stereocenters. The second kappa shape index (κ2) is 8.12. The van der Waals surface area contributed by atoms with Gasteiger partial charge in [0.1, 0.15) is 5.75 Å². The highest BCUT2D eigenvalue weighted by molar-refractivity contribution is 5.87. The average molecular weight is 362 g/mol. The summed E-state index contributed by atoms with van der Waals surface area (Å²) in [7, 11) is 0. The van der Waals surface area contributed by atoms with Crippen molar-refractivity contribution in [3.63, 3.8) is 0 Å². The number of ether oxygens (including phenoxy) is 1. The molecule has 140 valence electrons. The highest BCUT2D eigenvalue weighted by Gasteiger charge is 2.07. The van der Waals surface area contributed by atoms with E-state index in [0.717, 1.165) is 33.5 Å². The average Bonchev–Trinajstić information content (AvgIpc) is 2.62. The maximum Gasteiger partial charge on any atom is 0.217 e. The van der Waals surface area contributed by atoms with Gasteiger partial charge in [0.2, 0.25) is 5.91 Å². The third-order valence-electron chi connectivity index (χ3n) is 4.30. The van der Waals surface area contributed by atoms with Crippen LogP contribution in [-0.4, -0.2) is 12.0 Å². The van der Waals surface area contributed by atoms with Crippen LogP contribution in [0, 0.1) is 0 Å². The number of carbonyl (C=O) groups excluding carboxylic acids is 1. The first-order valence-electron chi connectivity index (χ1n) is 9.25. The fraction of sp³-hybridized carbons (Fsp3) is 0.261. The number of amides is 1. The minimum Gasteiger partial charge on any atom is -0.491 e. The minimum absolute atomic E-state index is 0.00345. The lowest BCUT2D eigenvalue weighted by atomic mass is 10.0. The second-order valence-electron chi connectivity index (χ2n) is 7.06. The van der Waals surface area contributed by atoms with E-state index in [1.807, 2.05) is 45.0 Å². The van der Waals surface area contributed by atoms with Crippen LogP contribution < -0.4 is 15.4 Å². The Morgan fingerprint density at radius 2 is 1.48 bits per heavy atom. The number of rotatable bonds is 6. The van der Waals surface area contributed by atoms with Crippen molar-refractivity contribution in [2.24, 2.45) is 0 Å². The van der Waals surface area contributed by atoms with Crippen LogP contribution in [0.3, 0.4) is 0 Å². The van der Waals surface area contributed by atoms with E-state index in [2.05, 4.69) is 47.0 Å². The van der Waals surface area contributed by atoms with Crippen molar-refractivity contribution in [2.45, 2.75) is 39.8 Å². The quantitative estimate of drug-likeness (QED) is 0.603. The fourth-order valence-electron chi connectivity index (χ4n) is 3.06. The molecule has 0 aliphatic heterocycles. The summed E-state index contributed by atoms with van der Waals surface area (Å²) in [5.41, 5.74) is 3.14. The summed E-state index contributed by atoms with van der Waals surface area (Å²) >= 11 is 0. The third kappa shape index (κ3) is 5.00. The van der Waals surface area contributed by atoms with E-state index in [-0.39, 0.29) is 18.1 Å². The Bertz CT molecular complexity index is 933. The monoisotopic (exact) mass is 362 g/mol. The zero-order chi connectivity index (χ0) is 19.4. The first-order chi connectivity index (χ1) is 12.9. The van der Waals surface area contributed by atoms with Gasteiger partial charge >= 0.3 is 0 Å². The lowest BCUT2D eigenvalue weighted by Crippen LogP contribution is -2.23. The molecule has 4 heteroatoms. The van der Waals surface area contributed by atoms with Gasteiger partial charge in [-0.15, -0.1) is 0 Å². The van der Waals surface area contributed by atoms with Crippen LogP contribution in [0.4, 0.5) is 11.4 Å². The van der Waals surface area contributed by atoms with Gasteiger partial charge in [0.25, 0.3) is 0 Å². The summed E-state index contributed by atoms with van der Waals surface area (Å²) < 4.78 is 5.68. The molecule has 1 atom stereocenters. The zero-order valence-corrected chi connectivity index (χ0v) is 16.2. The molecule has 3 rings (SSSR count). The fourth-order valence-corrected chi connectivity index (χ4v) is 3.06. The number of benzene rings is 3. The van der Waals surface area contributed by atoms with E-state index in [1.54, 1.807) is 0 Å². The van der Waals surface area contributed by atoms with Crippen LogP contribution in [0.25, 0.3) is 10.8 Å². The van der Waals surface area contributed by atoms with Gasteiger partial charge in [0.15, 0.2) is 0 Å². The molecule has 0 aliphatic carbocycles. The van der Waals surface area contributed by atoms with E-state index in [1.165, 1.54) is 6.92 Å². The number of fused-ring (bicyclic) bond motifs is 1. The Morgan fingerprint density at radius 1 is 0.852 bits per heavy atom. The van der Waals surface area contributed by atoms with Crippen molar-refractivity contribution in [1.29, 1.82) is 0 Å². The molecule has 0 bridgehead atoms. The molecule has 0 fully saturated rings. The predicted molar refractivity (Wildman–Crippen MR) is 112 cm³/mol. The highest BCUT2D eigenvalue weighted by atomic mass is 16.5. The maximum absolute atomic E-state index is 11.3. The smallest absolute Gasteiger partial charge is 0.217 e. The van der Waals surface area contributed by atoms with Crippen LogP contribution in [-0.2, 0) is 4.79 Å². The molecule has 1 amide bonds. The van der Waals surface area contributed by atoms with Crippen LogP contribution in [0.1, 0.15) is 39.3 Å². The molecule has 27 heavy (non-hydrogen) atoms. The molecule has 2 N–H and O–H groups in total. The number of hydrogen-bond donors (Lipinski definition) is 2. The van der Waals surface area contributed by atoms with Gasteiger partial charge in [-0.05, 0) is 79.6 Å². The summed E-state index contributed by atoms with van der Waals surface area (Å²) in [5.74, 6) is 0.849. The Balaban J connectivity index is 1.75. The van der Waals surface area contributed by atoms with Crippen LogP contribution >= 0.6 is 0 Å². The predicted octanol–water partition coefficient (Wildman–Crippen LogP) is 5.57. The normalized spacial score (nSPS) is 12.0. The first kappa shape index (κ1) is 18.8. The van der Waals surface area contributed by atoms with Crippen LogP contribution in [0.15, 0.2) is 60.7 Å². The molecule has 0 radical (unpaired) electrons. The molecule has 0 saturated carbocycles. The van der Waals surface area contributed by atoms with Crippen molar-refractivity contribution in [3.05, 3.63) is 66.2 Å². The number of nitrogens with one attached hydrogen (secondary N) is 2. The Morgan fingerprint density at radius 3 is 2.15 bits per heavy atom. The summed E-state index contributed by atoms with van der Waals surface area (Å²) in [6, 6.07) is 20.5. The van der Waals surface area contributed by atoms with Gasteiger partial charge in [-0.3, -0.25) is 4.79 Å². The van der Waals surface area contributed by atoms with Gasteiger partial charge in [-0.2, -0.15) is 0 Å². The van der Waals surface area contributed by atoms with Gasteiger partial charge in [0.05, 0.1) is 12.1 Å². The van der Waals surface area contributed by atoms with E-state index < -0.39 is 0 Å². The Kier molecular flexibility index (Phi) is 5.65. The van der Waals surface area contributed by atoms with E-state index >= 15 is 0 Å². The van der Waals surface area contributed by atoms with E-state index in [4.69, 9.17) is 4.74 Å². The standard InChI is InChI=1S/C23H26N2O2/c1-15(2)27-23-11-9-21(10-12-23)25-22-8-7-19-13-18(5-6-20(19)14-22)16(3)24-17(4)26/h5-16,25H,1-4H3,(H,24,26). The van der Waals surface area contributed by atoms with Crippen molar-refractivity contribution >= 4 is 28.1 Å². The minimum atomic E-state index is -0.0213. The zero-order valence-electron chi connectivity index (χ0n) is 16.2. The highest BCUT2D eigenvalue weighted by Crippen LogP contribution is 2.26. The number of hydrogen-bond acceptors (Lipinski definition) is 3. The number of anilines is 2. The van der Waals surface area contributed by atoms with Crippen molar-refractivity contribution in [1.82, 2.24) is 5.32 Å². The summed E-state index contributed by atoms with van der Waals surface area (Å²) in [4.78, 5) is 11.3. The largest absolute Gasteiger partial charge is 0.491 e. The van der Waals surface area contributed by atoms with E-state index in [0.29, 0.717) is 0 Å². The molecular formula is C23H26N2O2. The van der Waals surface area contributed by atoms with Gasteiger partial charge in [-0.25, -0.2) is 0 Å². The summed E-state index contributed by atoms with van der Waals surface area (Å²) in [6.45, 7) is 7.56. The topological polar surface area (TPSA) is 50.4 Å². The molecule has 3 aromatic carbocycles. The lowest BCUT2D eigenvalue weighted by Gasteiger charge is -2.14. The van der Waals surface area contributed by atoms with Crippen LogP contribution in [0.2, 0.25) is 0 Å². The molecular weight excluding hydrogens is 336 g/mol. The van der Waals surface area contributed by atoms with Gasteiger partial charge in [-0.1, -0.05) is 18.2 Å². The molecule has 0 heterocycles. The maximum atomic E-state index is 11.3. The molecule has 0 saturated heterocycles. The van der Waals surface area contributed by atoms with Crippen LogP contribution in [0.5, 0.6) is 5.75 Å². The molecule has 4 nitrogen and oxygen atoms in total. The molecule has 0 aliphatic rings. The molecule has 3 aromatic rings. The van der Waals surface area contributed by atoms with E-state index in [9.17, 15) is 4.79 Å². The second-order valence-corrected chi connectivity index (χ2v) is 7.06. The lowest BCUT2D eigenvalue weighted by molar-refractivity contribution is -0.119. The molecule has 0 aromatic heterocycles. The first-order valence-corrected chi connectivity index (χ1v) is 9.25. The van der Waals surface area contributed by atoms with Crippen molar-refractivity contribution < 1.29 is 9.53 Å². The number of carbonyl (C=O) groups is 1. The van der Waals surface area contributed by atoms with Gasteiger partial charge < -0.3 is 15.4 Å².